The molecule has 3 unspecified atom stereocenters. The van der Waals surface area contributed by atoms with Crippen LogP contribution in [-0.4, -0.2) is 71.1 Å². The fraction of sp³-hybridized carbons (Fsp3) is 0.652. The zero-order chi connectivity index (χ0) is 23.2. The summed E-state index contributed by atoms with van der Waals surface area (Å²) < 4.78 is 11.0. The van der Waals surface area contributed by atoms with E-state index in [1.165, 1.54) is 19.3 Å². The second-order valence-corrected chi connectivity index (χ2v) is 9.77. The van der Waals surface area contributed by atoms with Crippen molar-refractivity contribution < 1.29 is 34.4 Å². The Bertz CT molecular complexity index is 754. The van der Waals surface area contributed by atoms with Gasteiger partial charge in [0.15, 0.2) is 0 Å². The highest BCUT2D eigenvalue weighted by molar-refractivity contribution is 6.27. The van der Waals surface area contributed by atoms with Gasteiger partial charge in [0.25, 0.3) is 0 Å². The van der Waals surface area contributed by atoms with Crippen LogP contribution in [0.3, 0.4) is 0 Å². The van der Waals surface area contributed by atoms with E-state index in [1.807, 2.05) is 24.3 Å². The van der Waals surface area contributed by atoms with Crippen LogP contribution >= 0.6 is 0 Å². The summed E-state index contributed by atoms with van der Waals surface area (Å²) in [6.07, 6.45) is 3.36. The highest BCUT2D eigenvalue weighted by Crippen LogP contribution is 2.52. The van der Waals surface area contributed by atoms with Crippen LogP contribution in [-0.2, 0) is 20.9 Å². The number of aliphatic hydroxyl groups excluding tert-OH is 1. The highest BCUT2D eigenvalue weighted by atomic mass is 16.5. The van der Waals surface area contributed by atoms with E-state index in [9.17, 15) is 5.11 Å². The molecule has 8 nitrogen and oxygen atoms in total. The molecule has 1 aromatic rings. The number of carboxylic acid groups (broad SMARTS) is 2. The van der Waals surface area contributed by atoms with Crippen molar-refractivity contribution >= 4 is 11.9 Å². The minimum absolute atomic E-state index is 0.376. The Labute approximate surface area is 183 Å². The molecular weight excluding hydrogens is 402 g/mol. The van der Waals surface area contributed by atoms with E-state index in [2.05, 4.69) is 25.7 Å². The van der Waals surface area contributed by atoms with E-state index < -0.39 is 18.0 Å². The molecule has 0 amide bonds. The van der Waals surface area contributed by atoms with Gasteiger partial charge in [-0.25, -0.2) is 9.59 Å². The number of likely N-dealkylation sites (tertiary alicyclic amines) is 1. The Hall–Kier alpha value is -2.16. The van der Waals surface area contributed by atoms with Crippen LogP contribution in [0.5, 0.6) is 5.75 Å². The molecule has 0 radical (unpaired) electrons. The molecule has 2 bridgehead atoms. The average Bonchev–Trinajstić information content (AvgIpc) is 2.90. The lowest BCUT2D eigenvalue weighted by atomic mass is 9.65. The number of carbonyl (C=O) groups is 2. The van der Waals surface area contributed by atoms with E-state index in [4.69, 9.17) is 29.3 Å². The number of fused-ring (bicyclic) bond motifs is 2. The third-order valence-corrected chi connectivity index (χ3v) is 5.86. The maximum absolute atomic E-state index is 10.4. The third-order valence-electron chi connectivity index (χ3n) is 5.86. The number of aliphatic hydroxyl groups is 1. The molecule has 8 heteroatoms. The number of ether oxygens (including phenoxy) is 2. The van der Waals surface area contributed by atoms with Crippen molar-refractivity contribution in [2.75, 3.05) is 26.8 Å². The predicted molar refractivity (Wildman–Crippen MR) is 115 cm³/mol. The Kier molecular flexibility index (Phi) is 8.45. The molecule has 2 fully saturated rings. The zero-order valence-corrected chi connectivity index (χ0v) is 18.8. The summed E-state index contributed by atoms with van der Waals surface area (Å²) in [5.41, 5.74) is 1.89. The van der Waals surface area contributed by atoms with Crippen molar-refractivity contribution in [3.63, 3.8) is 0 Å². The third kappa shape index (κ3) is 7.79. The topological polar surface area (TPSA) is 117 Å². The molecule has 1 heterocycles. The minimum atomic E-state index is -1.82. The number of rotatable bonds is 7. The standard InChI is InChI=1S/C21H33NO3.C2H2O4/c1-20(2)9-17-10-21(3,14-20)15-22(17)11-18(23)13-25-12-16-6-5-7-19(8-16)24-4;3-1(4)2(5)6/h5-8,17-18,23H,9-15H2,1-4H3;(H,3,4)(H,5,6). The number of hydrogen-bond acceptors (Lipinski definition) is 6. The minimum Gasteiger partial charge on any atom is -0.497 e. The predicted octanol–water partition coefficient (Wildman–Crippen LogP) is 2.63. The van der Waals surface area contributed by atoms with Gasteiger partial charge in [0, 0.05) is 19.1 Å². The number of methoxy groups -OCH3 is 1. The number of carboxylic acids is 2. The van der Waals surface area contributed by atoms with Crippen LogP contribution in [0.1, 0.15) is 45.6 Å². The van der Waals surface area contributed by atoms with Crippen molar-refractivity contribution in [1.82, 2.24) is 4.90 Å². The molecule has 3 rings (SSSR count). The summed E-state index contributed by atoms with van der Waals surface area (Å²) in [7, 11) is 1.66. The summed E-state index contributed by atoms with van der Waals surface area (Å²) in [6.45, 7) is 9.88. The largest absolute Gasteiger partial charge is 0.497 e. The molecule has 1 aliphatic heterocycles. The van der Waals surface area contributed by atoms with Crippen molar-refractivity contribution in [2.24, 2.45) is 10.8 Å². The van der Waals surface area contributed by atoms with Crippen LogP contribution in [0, 0.1) is 10.8 Å². The van der Waals surface area contributed by atoms with Gasteiger partial charge in [-0.1, -0.05) is 32.9 Å². The van der Waals surface area contributed by atoms with E-state index in [1.54, 1.807) is 7.11 Å². The van der Waals surface area contributed by atoms with Gasteiger partial charge in [-0.15, -0.1) is 0 Å². The van der Waals surface area contributed by atoms with Crippen molar-refractivity contribution in [2.45, 2.75) is 58.8 Å². The van der Waals surface area contributed by atoms with E-state index in [-0.39, 0.29) is 0 Å². The first-order chi connectivity index (χ1) is 14.4. The molecule has 1 saturated carbocycles. The zero-order valence-electron chi connectivity index (χ0n) is 18.8. The van der Waals surface area contributed by atoms with Crippen molar-refractivity contribution in [3.05, 3.63) is 29.8 Å². The first kappa shape index (κ1) is 25.1. The molecule has 3 N–H and O–H groups in total. The van der Waals surface area contributed by atoms with Crippen LogP contribution in [0.2, 0.25) is 0 Å². The Balaban J connectivity index is 0.000000501. The monoisotopic (exact) mass is 437 g/mol. The molecule has 3 atom stereocenters. The fourth-order valence-corrected chi connectivity index (χ4v) is 5.19. The van der Waals surface area contributed by atoms with Crippen LogP contribution in [0.15, 0.2) is 24.3 Å². The SMILES string of the molecule is COc1cccc(COCC(O)CN2CC3(C)CC2CC(C)(C)C3)c1.O=C(O)C(=O)O. The van der Waals surface area contributed by atoms with Gasteiger partial charge in [-0.3, -0.25) is 4.90 Å². The van der Waals surface area contributed by atoms with Crippen LogP contribution in [0.25, 0.3) is 0 Å². The molecule has 1 aromatic carbocycles. The summed E-state index contributed by atoms with van der Waals surface area (Å²) in [5, 5.41) is 25.2. The second kappa shape index (κ2) is 10.4. The summed E-state index contributed by atoms with van der Waals surface area (Å²) in [6, 6.07) is 8.48. The average molecular weight is 438 g/mol. The second-order valence-electron chi connectivity index (χ2n) is 9.77. The van der Waals surface area contributed by atoms with Crippen LogP contribution in [0.4, 0.5) is 0 Å². The van der Waals surface area contributed by atoms with E-state index >= 15 is 0 Å². The van der Waals surface area contributed by atoms with Gasteiger partial charge < -0.3 is 24.8 Å². The molecule has 0 aromatic heterocycles. The Morgan fingerprint density at radius 2 is 1.87 bits per heavy atom. The number of nitrogens with zero attached hydrogens (tertiary/aromatic N) is 1. The molecule has 0 spiro atoms. The Morgan fingerprint density at radius 1 is 1.19 bits per heavy atom. The van der Waals surface area contributed by atoms with Gasteiger partial charge in [0.05, 0.1) is 26.4 Å². The quantitative estimate of drug-likeness (QED) is 0.558. The highest BCUT2D eigenvalue weighted by Gasteiger charge is 2.49. The maximum atomic E-state index is 10.4. The summed E-state index contributed by atoms with van der Waals surface area (Å²) in [5.74, 6) is -2.81. The molecular formula is C23H35NO7. The lowest BCUT2D eigenvalue weighted by molar-refractivity contribution is -0.159. The van der Waals surface area contributed by atoms with E-state index in [0.717, 1.165) is 17.9 Å². The molecule has 1 saturated heterocycles. The van der Waals surface area contributed by atoms with Crippen molar-refractivity contribution in [3.8, 4) is 5.75 Å². The smallest absolute Gasteiger partial charge is 0.414 e. The molecule has 31 heavy (non-hydrogen) atoms. The van der Waals surface area contributed by atoms with Crippen LogP contribution < -0.4 is 4.74 Å². The number of hydrogen-bond donors (Lipinski definition) is 3. The van der Waals surface area contributed by atoms with Gasteiger partial charge in [0.1, 0.15) is 5.75 Å². The lowest BCUT2D eigenvalue weighted by Gasteiger charge is -2.40. The van der Waals surface area contributed by atoms with Gasteiger partial charge >= 0.3 is 11.9 Å². The fourth-order valence-electron chi connectivity index (χ4n) is 5.19. The summed E-state index contributed by atoms with van der Waals surface area (Å²) in [4.78, 5) is 20.7. The van der Waals surface area contributed by atoms with Gasteiger partial charge in [-0.2, -0.15) is 0 Å². The molecule has 1 aliphatic carbocycles. The normalized spacial score (nSPS) is 25.3. The first-order valence-corrected chi connectivity index (χ1v) is 10.5. The van der Waals surface area contributed by atoms with Crippen molar-refractivity contribution in [1.29, 1.82) is 0 Å². The van der Waals surface area contributed by atoms with Gasteiger partial charge in [-0.05, 0) is 47.8 Å². The summed E-state index contributed by atoms with van der Waals surface area (Å²) >= 11 is 0. The lowest BCUT2D eigenvalue weighted by Crippen LogP contribution is -2.39. The van der Waals surface area contributed by atoms with Gasteiger partial charge in [0.2, 0.25) is 0 Å². The number of benzene rings is 1. The van der Waals surface area contributed by atoms with E-state index in [0.29, 0.717) is 36.6 Å². The Morgan fingerprint density at radius 3 is 2.48 bits per heavy atom. The maximum Gasteiger partial charge on any atom is 0.414 e. The molecule has 2 aliphatic rings. The molecule has 174 valence electrons. The number of aliphatic carboxylic acids is 2. The number of β-amino-alcohol motifs (C(OH)–C–C–N with tert-alkyl or cyclic N) is 1. The first-order valence-electron chi connectivity index (χ1n) is 10.5.